The molecular weight excluding hydrogens is 184 g/mol. The molecule has 0 amide bonds. The van der Waals surface area contributed by atoms with Gasteiger partial charge in [-0.2, -0.15) is 0 Å². The first-order valence-electron chi connectivity index (χ1n) is 5.30. The summed E-state index contributed by atoms with van der Waals surface area (Å²) >= 11 is 0. The van der Waals surface area contributed by atoms with Gasteiger partial charge in [0, 0.05) is 0 Å². The second kappa shape index (κ2) is 6.88. The molecule has 1 nitrogen and oxygen atoms in total. The van der Waals surface area contributed by atoms with Crippen LogP contribution >= 0.6 is 0 Å². The SMILES string of the molecule is CC(C)/C=C\C=C/COc1ccccc1. The zero-order valence-electron chi connectivity index (χ0n) is 9.39. The van der Waals surface area contributed by atoms with Crippen LogP contribution in [-0.4, -0.2) is 6.61 Å². The van der Waals surface area contributed by atoms with E-state index < -0.39 is 0 Å². The number of benzene rings is 1. The summed E-state index contributed by atoms with van der Waals surface area (Å²) in [4.78, 5) is 0. The van der Waals surface area contributed by atoms with Crippen molar-refractivity contribution in [3.8, 4) is 5.75 Å². The van der Waals surface area contributed by atoms with Crippen molar-refractivity contribution >= 4 is 0 Å². The topological polar surface area (TPSA) is 9.23 Å². The molecule has 80 valence electrons. The van der Waals surface area contributed by atoms with Gasteiger partial charge < -0.3 is 4.74 Å². The number of para-hydroxylation sites is 1. The van der Waals surface area contributed by atoms with Gasteiger partial charge in [-0.3, -0.25) is 0 Å². The third-order valence-electron chi connectivity index (χ3n) is 1.83. The molecule has 0 atom stereocenters. The maximum absolute atomic E-state index is 5.49. The zero-order chi connectivity index (χ0) is 10.9. The van der Waals surface area contributed by atoms with Crippen LogP contribution in [0.1, 0.15) is 13.8 Å². The van der Waals surface area contributed by atoms with Crippen LogP contribution in [0.5, 0.6) is 5.75 Å². The Morgan fingerprint density at radius 2 is 1.87 bits per heavy atom. The summed E-state index contributed by atoms with van der Waals surface area (Å²) in [5, 5.41) is 0. The van der Waals surface area contributed by atoms with Crippen LogP contribution in [0.15, 0.2) is 54.6 Å². The highest BCUT2D eigenvalue weighted by Crippen LogP contribution is 2.07. The Bertz CT molecular complexity index is 309. The van der Waals surface area contributed by atoms with Gasteiger partial charge in [-0.1, -0.05) is 50.3 Å². The van der Waals surface area contributed by atoms with Crippen molar-refractivity contribution in [2.45, 2.75) is 13.8 Å². The molecule has 0 aliphatic heterocycles. The monoisotopic (exact) mass is 202 g/mol. The Kier molecular flexibility index (Phi) is 5.31. The fraction of sp³-hybridized carbons (Fsp3) is 0.286. The Morgan fingerprint density at radius 3 is 2.53 bits per heavy atom. The molecule has 0 heterocycles. The first-order valence-corrected chi connectivity index (χ1v) is 5.30. The lowest BCUT2D eigenvalue weighted by molar-refractivity contribution is 0.363. The molecule has 0 spiro atoms. The van der Waals surface area contributed by atoms with Gasteiger partial charge in [0.2, 0.25) is 0 Å². The molecule has 0 aliphatic carbocycles. The van der Waals surface area contributed by atoms with Crippen LogP contribution in [0.3, 0.4) is 0 Å². The van der Waals surface area contributed by atoms with Gasteiger partial charge in [0.25, 0.3) is 0 Å². The Labute approximate surface area is 92.1 Å². The van der Waals surface area contributed by atoms with E-state index in [0.717, 1.165) is 5.75 Å². The molecule has 0 radical (unpaired) electrons. The summed E-state index contributed by atoms with van der Waals surface area (Å²) < 4.78 is 5.49. The normalized spacial score (nSPS) is 11.7. The number of hydrogen-bond donors (Lipinski definition) is 0. The van der Waals surface area contributed by atoms with Crippen molar-refractivity contribution in [3.63, 3.8) is 0 Å². The Morgan fingerprint density at radius 1 is 1.13 bits per heavy atom. The second-order valence-corrected chi connectivity index (χ2v) is 3.68. The lowest BCUT2D eigenvalue weighted by Gasteiger charge is -2.00. The van der Waals surface area contributed by atoms with Gasteiger partial charge in [0.05, 0.1) is 0 Å². The molecule has 1 heteroatoms. The van der Waals surface area contributed by atoms with Gasteiger partial charge in [-0.05, 0) is 24.1 Å². The first-order chi connectivity index (χ1) is 7.29. The van der Waals surface area contributed by atoms with Crippen LogP contribution in [0.4, 0.5) is 0 Å². The molecule has 0 aromatic heterocycles. The van der Waals surface area contributed by atoms with E-state index in [1.54, 1.807) is 0 Å². The summed E-state index contributed by atoms with van der Waals surface area (Å²) in [5.41, 5.74) is 0. The smallest absolute Gasteiger partial charge is 0.119 e. The molecule has 15 heavy (non-hydrogen) atoms. The summed E-state index contributed by atoms with van der Waals surface area (Å²) in [6.45, 7) is 4.93. The molecule has 0 fully saturated rings. The lowest BCUT2D eigenvalue weighted by atomic mass is 10.2. The molecule has 0 unspecified atom stereocenters. The highest BCUT2D eigenvalue weighted by Gasteiger charge is 1.86. The fourth-order valence-corrected chi connectivity index (χ4v) is 1.08. The number of ether oxygens (including phenoxy) is 1. The maximum Gasteiger partial charge on any atom is 0.119 e. The average Bonchev–Trinajstić information content (AvgIpc) is 2.24. The van der Waals surface area contributed by atoms with Crippen molar-refractivity contribution in [1.29, 1.82) is 0 Å². The summed E-state index contributed by atoms with van der Waals surface area (Å²) in [6.07, 6.45) is 8.23. The third kappa shape index (κ3) is 5.74. The highest BCUT2D eigenvalue weighted by atomic mass is 16.5. The maximum atomic E-state index is 5.49. The number of allylic oxidation sites excluding steroid dienone is 3. The molecule has 1 aromatic carbocycles. The summed E-state index contributed by atoms with van der Waals surface area (Å²) in [5.74, 6) is 1.51. The molecule has 1 rings (SSSR count). The van der Waals surface area contributed by atoms with Crippen molar-refractivity contribution in [2.75, 3.05) is 6.61 Å². The van der Waals surface area contributed by atoms with Gasteiger partial charge in [-0.25, -0.2) is 0 Å². The van der Waals surface area contributed by atoms with Gasteiger partial charge >= 0.3 is 0 Å². The van der Waals surface area contributed by atoms with E-state index in [1.807, 2.05) is 42.5 Å². The van der Waals surface area contributed by atoms with E-state index in [9.17, 15) is 0 Å². The summed E-state index contributed by atoms with van der Waals surface area (Å²) in [6, 6.07) is 9.83. The van der Waals surface area contributed by atoms with Crippen LogP contribution < -0.4 is 4.74 Å². The van der Waals surface area contributed by atoms with Crippen LogP contribution in [-0.2, 0) is 0 Å². The Hall–Kier alpha value is -1.50. The standard InChI is InChI=1S/C14H18O/c1-13(2)9-5-4-8-12-15-14-10-6-3-7-11-14/h3-11,13H,12H2,1-2H3/b8-4-,9-5-. The van der Waals surface area contributed by atoms with Gasteiger partial charge in [0.1, 0.15) is 12.4 Å². The van der Waals surface area contributed by atoms with Crippen LogP contribution in [0.2, 0.25) is 0 Å². The third-order valence-corrected chi connectivity index (χ3v) is 1.83. The summed E-state index contributed by atoms with van der Waals surface area (Å²) in [7, 11) is 0. The molecule has 0 saturated carbocycles. The van der Waals surface area contributed by atoms with E-state index in [0.29, 0.717) is 12.5 Å². The van der Waals surface area contributed by atoms with Gasteiger partial charge in [0.15, 0.2) is 0 Å². The van der Waals surface area contributed by atoms with Crippen molar-refractivity contribution in [2.24, 2.45) is 5.92 Å². The van der Waals surface area contributed by atoms with Gasteiger partial charge in [-0.15, -0.1) is 0 Å². The predicted molar refractivity (Wildman–Crippen MR) is 65.1 cm³/mol. The van der Waals surface area contributed by atoms with Crippen molar-refractivity contribution in [1.82, 2.24) is 0 Å². The van der Waals surface area contributed by atoms with E-state index in [2.05, 4.69) is 26.0 Å². The highest BCUT2D eigenvalue weighted by molar-refractivity contribution is 5.21. The molecule has 0 bridgehead atoms. The number of rotatable bonds is 5. The van der Waals surface area contributed by atoms with Crippen LogP contribution in [0, 0.1) is 5.92 Å². The van der Waals surface area contributed by atoms with Crippen LogP contribution in [0.25, 0.3) is 0 Å². The quantitative estimate of drug-likeness (QED) is 0.659. The molecular formula is C14H18O. The fourth-order valence-electron chi connectivity index (χ4n) is 1.08. The minimum Gasteiger partial charge on any atom is -0.490 e. The minimum absolute atomic E-state index is 0.602. The molecule has 0 N–H and O–H groups in total. The number of hydrogen-bond acceptors (Lipinski definition) is 1. The first kappa shape index (κ1) is 11.6. The molecule has 0 saturated heterocycles. The largest absolute Gasteiger partial charge is 0.490 e. The van der Waals surface area contributed by atoms with E-state index in [1.165, 1.54) is 0 Å². The van der Waals surface area contributed by atoms with E-state index in [4.69, 9.17) is 4.74 Å². The van der Waals surface area contributed by atoms with Crippen molar-refractivity contribution < 1.29 is 4.74 Å². The zero-order valence-corrected chi connectivity index (χ0v) is 9.39. The molecule has 0 aliphatic rings. The Balaban J connectivity index is 2.22. The van der Waals surface area contributed by atoms with E-state index >= 15 is 0 Å². The minimum atomic E-state index is 0.602. The second-order valence-electron chi connectivity index (χ2n) is 3.68. The average molecular weight is 202 g/mol. The molecule has 1 aromatic rings. The lowest BCUT2D eigenvalue weighted by Crippen LogP contribution is -1.92. The van der Waals surface area contributed by atoms with E-state index in [-0.39, 0.29) is 0 Å². The predicted octanol–water partition coefficient (Wildman–Crippen LogP) is 3.83. The van der Waals surface area contributed by atoms with Crippen molar-refractivity contribution in [3.05, 3.63) is 54.6 Å².